The molecule has 0 fully saturated rings. The molecule has 0 amide bonds. The molecule has 0 spiro atoms. The van der Waals surface area contributed by atoms with Crippen molar-refractivity contribution in [2.24, 2.45) is 5.92 Å². The van der Waals surface area contributed by atoms with Gasteiger partial charge in [-0.2, -0.15) is 0 Å². The average Bonchev–Trinajstić information content (AvgIpc) is 2.02. The fourth-order valence-electron chi connectivity index (χ4n) is 1.95. The SMILES string of the molecule is CCN(C)C(C)(CCO)CC(C)C. The molecule has 0 aromatic carbocycles. The Morgan fingerprint density at radius 3 is 2.23 bits per heavy atom. The zero-order valence-corrected chi connectivity index (χ0v) is 9.80. The van der Waals surface area contributed by atoms with Crippen LogP contribution in [0, 0.1) is 5.92 Å². The molecular formula is C11H25NO. The maximum Gasteiger partial charge on any atom is 0.0448 e. The fraction of sp³-hybridized carbons (Fsp3) is 1.00. The fourth-order valence-corrected chi connectivity index (χ4v) is 1.95. The maximum absolute atomic E-state index is 9.03. The molecule has 0 rings (SSSR count). The summed E-state index contributed by atoms with van der Waals surface area (Å²) in [5, 5.41) is 9.03. The average molecular weight is 187 g/mol. The van der Waals surface area contributed by atoms with E-state index >= 15 is 0 Å². The van der Waals surface area contributed by atoms with Crippen LogP contribution in [-0.2, 0) is 0 Å². The lowest BCUT2D eigenvalue weighted by atomic mass is 9.86. The van der Waals surface area contributed by atoms with E-state index in [1.165, 1.54) is 0 Å². The van der Waals surface area contributed by atoms with Gasteiger partial charge in [-0.15, -0.1) is 0 Å². The molecule has 1 atom stereocenters. The van der Waals surface area contributed by atoms with Gasteiger partial charge in [-0.1, -0.05) is 20.8 Å². The summed E-state index contributed by atoms with van der Waals surface area (Å²) < 4.78 is 0. The minimum atomic E-state index is 0.164. The van der Waals surface area contributed by atoms with Crippen molar-refractivity contribution >= 4 is 0 Å². The minimum Gasteiger partial charge on any atom is -0.396 e. The molecule has 0 radical (unpaired) electrons. The number of hydrogen-bond donors (Lipinski definition) is 1. The van der Waals surface area contributed by atoms with Gasteiger partial charge in [0.15, 0.2) is 0 Å². The first kappa shape index (κ1) is 12.9. The Bertz CT molecular complexity index is 136. The van der Waals surface area contributed by atoms with Crippen LogP contribution in [-0.4, -0.2) is 35.7 Å². The third kappa shape index (κ3) is 4.10. The van der Waals surface area contributed by atoms with E-state index in [1.807, 2.05) is 0 Å². The van der Waals surface area contributed by atoms with Crippen molar-refractivity contribution in [3.8, 4) is 0 Å². The lowest BCUT2D eigenvalue weighted by Crippen LogP contribution is -2.45. The van der Waals surface area contributed by atoms with Crippen molar-refractivity contribution < 1.29 is 5.11 Å². The Hall–Kier alpha value is -0.0800. The minimum absolute atomic E-state index is 0.164. The van der Waals surface area contributed by atoms with Gasteiger partial charge in [0.2, 0.25) is 0 Å². The molecule has 0 bridgehead atoms. The standard InChI is InChI=1S/C11H25NO/c1-6-12(5)11(4,7-8-13)9-10(2)3/h10,13H,6-9H2,1-5H3. The van der Waals surface area contributed by atoms with Gasteiger partial charge in [0.25, 0.3) is 0 Å². The summed E-state index contributed by atoms with van der Waals surface area (Å²) >= 11 is 0. The molecule has 1 N–H and O–H groups in total. The number of aliphatic hydroxyl groups is 1. The molecule has 80 valence electrons. The van der Waals surface area contributed by atoms with Crippen LogP contribution in [0.5, 0.6) is 0 Å². The van der Waals surface area contributed by atoms with E-state index in [-0.39, 0.29) is 12.1 Å². The first-order chi connectivity index (χ1) is 5.96. The van der Waals surface area contributed by atoms with Crippen LogP contribution in [0.3, 0.4) is 0 Å². The number of aliphatic hydroxyl groups excluding tert-OH is 1. The normalized spacial score (nSPS) is 16.6. The molecule has 1 unspecified atom stereocenters. The summed E-state index contributed by atoms with van der Waals surface area (Å²) in [7, 11) is 2.14. The number of nitrogens with zero attached hydrogens (tertiary/aromatic N) is 1. The molecule has 0 aliphatic carbocycles. The monoisotopic (exact) mass is 187 g/mol. The summed E-state index contributed by atoms with van der Waals surface area (Å²) in [5.41, 5.74) is 0.164. The molecular weight excluding hydrogens is 162 g/mol. The smallest absolute Gasteiger partial charge is 0.0448 e. The van der Waals surface area contributed by atoms with E-state index in [4.69, 9.17) is 5.11 Å². The van der Waals surface area contributed by atoms with Gasteiger partial charge in [-0.3, -0.25) is 0 Å². The molecule has 0 aromatic heterocycles. The lowest BCUT2D eigenvalue weighted by molar-refractivity contribution is 0.0846. The zero-order chi connectivity index (χ0) is 10.5. The summed E-state index contributed by atoms with van der Waals surface area (Å²) in [6.45, 7) is 10.2. The highest BCUT2D eigenvalue weighted by molar-refractivity contribution is 4.84. The zero-order valence-electron chi connectivity index (χ0n) is 9.80. The van der Waals surface area contributed by atoms with Gasteiger partial charge in [0.05, 0.1) is 0 Å². The molecule has 0 heterocycles. The van der Waals surface area contributed by atoms with E-state index in [1.54, 1.807) is 0 Å². The molecule has 0 aliphatic heterocycles. The number of rotatable bonds is 6. The molecule has 13 heavy (non-hydrogen) atoms. The highest BCUT2D eigenvalue weighted by Gasteiger charge is 2.28. The molecule has 0 saturated carbocycles. The van der Waals surface area contributed by atoms with E-state index in [0.29, 0.717) is 5.92 Å². The molecule has 2 nitrogen and oxygen atoms in total. The van der Waals surface area contributed by atoms with Crippen LogP contribution in [0.4, 0.5) is 0 Å². The first-order valence-corrected chi connectivity index (χ1v) is 5.28. The third-order valence-electron chi connectivity index (χ3n) is 2.89. The van der Waals surface area contributed by atoms with Crippen molar-refractivity contribution in [2.75, 3.05) is 20.2 Å². The highest BCUT2D eigenvalue weighted by atomic mass is 16.3. The highest BCUT2D eigenvalue weighted by Crippen LogP contribution is 2.25. The molecule has 0 aliphatic rings. The van der Waals surface area contributed by atoms with Gasteiger partial charge in [0.1, 0.15) is 0 Å². The van der Waals surface area contributed by atoms with E-state index < -0.39 is 0 Å². The third-order valence-corrected chi connectivity index (χ3v) is 2.89. The number of hydrogen-bond acceptors (Lipinski definition) is 2. The van der Waals surface area contributed by atoms with E-state index in [9.17, 15) is 0 Å². The van der Waals surface area contributed by atoms with Crippen molar-refractivity contribution in [3.05, 3.63) is 0 Å². The van der Waals surface area contributed by atoms with Crippen LogP contribution in [0.15, 0.2) is 0 Å². The van der Waals surface area contributed by atoms with Gasteiger partial charge in [-0.25, -0.2) is 0 Å². The van der Waals surface area contributed by atoms with Gasteiger partial charge < -0.3 is 10.0 Å². The lowest BCUT2D eigenvalue weighted by Gasteiger charge is -2.39. The Labute approximate surface area is 82.9 Å². The van der Waals surface area contributed by atoms with Crippen LogP contribution in [0.1, 0.15) is 40.5 Å². The largest absolute Gasteiger partial charge is 0.396 e. The summed E-state index contributed by atoms with van der Waals surface area (Å²) in [6, 6.07) is 0. The predicted molar refractivity (Wildman–Crippen MR) is 57.9 cm³/mol. The second kappa shape index (κ2) is 5.61. The molecule has 0 saturated heterocycles. The Morgan fingerprint density at radius 1 is 1.38 bits per heavy atom. The molecule has 0 aromatic rings. The van der Waals surface area contributed by atoms with Crippen LogP contribution in [0.2, 0.25) is 0 Å². The molecule has 2 heteroatoms. The van der Waals surface area contributed by atoms with Crippen molar-refractivity contribution in [1.29, 1.82) is 0 Å². The van der Waals surface area contributed by atoms with Crippen molar-refractivity contribution in [1.82, 2.24) is 4.90 Å². The first-order valence-electron chi connectivity index (χ1n) is 5.28. The van der Waals surface area contributed by atoms with Gasteiger partial charge >= 0.3 is 0 Å². The van der Waals surface area contributed by atoms with E-state index in [0.717, 1.165) is 19.4 Å². The Kier molecular flexibility index (Phi) is 5.57. The Balaban J connectivity index is 4.32. The Morgan fingerprint density at radius 2 is 1.92 bits per heavy atom. The summed E-state index contributed by atoms with van der Waals surface area (Å²) in [6.07, 6.45) is 2.02. The maximum atomic E-state index is 9.03. The van der Waals surface area contributed by atoms with Crippen LogP contribution in [0.25, 0.3) is 0 Å². The van der Waals surface area contributed by atoms with Gasteiger partial charge in [0, 0.05) is 12.1 Å². The topological polar surface area (TPSA) is 23.5 Å². The second-order valence-electron chi connectivity index (χ2n) is 4.58. The summed E-state index contributed by atoms with van der Waals surface area (Å²) in [4.78, 5) is 2.34. The predicted octanol–water partition coefficient (Wildman–Crippen LogP) is 2.13. The quantitative estimate of drug-likeness (QED) is 0.688. The van der Waals surface area contributed by atoms with Crippen LogP contribution < -0.4 is 0 Å². The van der Waals surface area contributed by atoms with Crippen molar-refractivity contribution in [2.45, 2.75) is 46.1 Å². The summed E-state index contributed by atoms with van der Waals surface area (Å²) in [5.74, 6) is 0.686. The second-order valence-corrected chi connectivity index (χ2v) is 4.58. The van der Waals surface area contributed by atoms with Crippen molar-refractivity contribution in [3.63, 3.8) is 0 Å². The van der Waals surface area contributed by atoms with E-state index in [2.05, 4.69) is 39.6 Å². The van der Waals surface area contributed by atoms with Crippen LogP contribution >= 0.6 is 0 Å². The van der Waals surface area contributed by atoms with Gasteiger partial charge in [-0.05, 0) is 39.3 Å².